The van der Waals surface area contributed by atoms with Gasteiger partial charge in [0.05, 0.1) is 6.42 Å². The normalized spacial score (nSPS) is 10.3. The van der Waals surface area contributed by atoms with Crippen LogP contribution in [0.25, 0.3) is 0 Å². The van der Waals surface area contributed by atoms with E-state index >= 15 is 0 Å². The molecule has 0 aliphatic rings. The average molecular weight is 345 g/mol. The molecule has 2 N–H and O–H groups in total. The Kier molecular flexibility index (Phi) is 4.85. The van der Waals surface area contributed by atoms with Crippen LogP contribution in [-0.2, 0) is 11.2 Å². The number of aromatic nitrogens is 2. The molecular formula is C16H13ClN4OS. The summed E-state index contributed by atoms with van der Waals surface area (Å²) in [6, 6.07) is 14.6. The molecule has 0 bridgehead atoms. The molecule has 0 unspecified atom stereocenters. The monoisotopic (exact) mass is 344 g/mol. The van der Waals surface area contributed by atoms with Gasteiger partial charge in [0.1, 0.15) is 0 Å². The molecular weight excluding hydrogens is 332 g/mol. The predicted molar refractivity (Wildman–Crippen MR) is 93.4 cm³/mol. The lowest BCUT2D eigenvalue weighted by Gasteiger charge is -2.06. The SMILES string of the molecule is O=C(Cc1cccs1)Nc1ccc(Nc2cccc(Cl)c2)nn1. The van der Waals surface area contributed by atoms with Gasteiger partial charge in [-0.1, -0.05) is 23.7 Å². The van der Waals surface area contributed by atoms with Crippen LogP contribution in [-0.4, -0.2) is 16.1 Å². The summed E-state index contributed by atoms with van der Waals surface area (Å²) in [6.45, 7) is 0. The van der Waals surface area contributed by atoms with Gasteiger partial charge in [0.2, 0.25) is 5.91 Å². The molecule has 2 aromatic heterocycles. The molecule has 5 nitrogen and oxygen atoms in total. The van der Waals surface area contributed by atoms with Gasteiger partial charge < -0.3 is 10.6 Å². The number of nitrogens with one attached hydrogen (secondary N) is 2. The lowest BCUT2D eigenvalue weighted by molar-refractivity contribution is -0.115. The molecule has 0 saturated carbocycles. The second-order valence-electron chi connectivity index (χ2n) is 4.74. The van der Waals surface area contributed by atoms with Crippen LogP contribution < -0.4 is 10.6 Å². The number of rotatable bonds is 5. The highest BCUT2D eigenvalue weighted by atomic mass is 35.5. The van der Waals surface area contributed by atoms with E-state index in [1.807, 2.05) is 29.6 Å². The van der Waals surface area contributed by atoms with Crippen LogP contribution >= 0.6 is 22.9 Å². The number of hydrogen-bond donors (Lipinski definition) is 2. The van der Waals surface area contributed by atoms with Crippen LogP contribution in [0.15, 0.2) is 53.9 Å². The van der Waals surface area contributed by atoms with Gasteiger partial charge in [-0.15, -0.1) is 21.5 Å². The van der Waals surface area contributed by atoms with Crippen molar-refractivity contribution in [3.63, 3.8) is 0 Å². The first kappa shape index (κ1) is 15.5. The summed E-state index contributed by atoms with van der Waals surface area (Å²) in [4.78, 5) is 12.9. The minimum atomic E-state index is -0.114. The Labute approximate surface area is 142 Å². The summed E-state index contributed by atoms with van der Waals surface area (Å²) in [6.07, 6.45) is 0.335. The van der Waals surface area contributed by atoms with Crippen molar-refractivity contribution in [3.8, 4) is 0 Å². The minimum absolute atomic E-state index is 0.114. The van der Waals surface area contributed by atoms with Gasteiger partial charge in [0, 0.05) is 15.6 Å². The van der Waals surface area contributed by atoms with Gasteiger partial charge in [-0.3, -0.25) is 4.79 Å². The van der Waals surface area contributed by atoms with Crippen LogP contribution in [0.1, 0.15) is 4.88 Å². The summed E-state index contributed by atoms with van der Waals surface area (Å²) < 4.78 is 0. The molecule has 0 atom stereocenters. The van der Waals surface area contributed by atoms with E-state index in [2.05, 4.69) is 20.8 Å². The predicted octanol–water partition coefficient (Wildman–Crippen LogP) is 4.12. The second-order valence-corrected chi connectivity index (χ2v) is 6.21. The maximum absolute atomic E-state index is 11.9. The quantitative estimate of drug-likeness (QED) is 0.730. The van der Waals surface area contributed by atoms with Crippen LogP contribution in [0, 0.1) is 0 Å². The van der Waals surface area contributed by atoms with E-state index in [1.165, 1.54) is 0 Å². The van der Waals surface area contributed by atoms with Crippen LogP contribution in [0.4, 0.5) is 17.3 Å². The molecule has 0 saturated heterocycles. The minimum Gasteiger partial charge on any atom is -0.339 e. The van der Waals surface area contributed by atoms with Crippen LogP contribution in [0.5, 0.6) is 0 Å². The molecule has 3 rings (SSSR count). The average Bonchev–Trinajstić information content (AvgIpc) is 3.02. The van der Waals surface area contributed by atoms with E-state index in [0.29, 0.717) is 23.1 Å². The Hall–Kier alpha value is -2.44. The maximum Gasteiger partial charge on any atom is 0.230 e. The summed E-state index contributed by atoms with van der Waals surface area (Å²) in [5.74, 6) is 0.879. The number of benzene rings is 1. The zero-order chi connectivity index (χ0) is 16.1. The van der Waals surface area contributed by atoms with Gasteiger partial charge in [0.25, 0.3) is 0 Å². The topological polar surface area (TPSA) is 66.9 Å². The van der Waals surface area contributed by atoms with Crippen molar-refractivity contribution in [3.05, 3.63) is 63.8 Å². The van der Waals surface area contributed by atoms with Crippen molar-refractivity contribution in [1.29, 1.82) is 0 Å². The van der Waals surface area contributed by atoms with Crippen molar-refractivity contribution in [1.82, 2.24) is 10.2 Å². The van der Waals surface area contributed by atoms with Crippen molar-refractivity contribution in [2.75, 3.05) is 10.6 Å². The molecule has 7 heteroatoms. The standard InChI is InChI=1S/C16H13ClN4OS/c17-11-3-1-4-12(9-11)18-14-6-7-15(21-20-14)19-16(22)10-13-5-2-8-23-13/h1-9H,10H2,(H,18,20)(H,19,21,22). The first-order valence-electron chi connectivity index (χ1n) is 6.87. The van der Waals surface area contributed by atoms with Gasteiger partial charge in [-0.25, -0.2) is 0 Å². The highest BCUT2D eigenvalue weighted by Crippen LogP contribution is 2.19. The van der Waals surface area contributed by atoms with Crippen LogP contribution in [0.3, 0.4) is 0 Å². The fraction of sp³-hybridized carbons (Fsp3) is 0.0625. The fourth-order valence-electron chi connectivity index (χ4n) is 1.94. The lowest BCUT2D eigenvalue weighted by atomic mass is 10.3. The highest BCUT2D eigenvalue weighted by Gasteiger charge is 2.06. The third kappa shape index (κ3) is 4.51. The Bertz CT molecular complexity index is 790. The molecule has 116 valence electrons. The molecule has 2 heterocycles. The van der Waals surface area contributed by atoms with Gasteiger partial charge in [-0.05, 0) is 41.8 Å². The molecule has 0 spiro atoms. The van der Waals surface area contributed by atoms with E-state index in [-0.39, 0.29) is 5.91 Å². The molecule has 1 aromatic carbocycles. The van der Waals surface area contributed by atoms with Crippen molar-refractivity contribution >= 4 is 46.2 Å². The zero-order valence-electron chi connectivity index (χ0n) is 12.0. The molecule has 0 aliphatic heterocycles. The van der Waals surface area contributed by atoms with Crippen molar-refractivity contribution < 1.29 is 4.79 Å². The number of amides is 1. The third-order valence-corrected chi connectivity index (χ3v) is 4.06. The first-order valence-corrected chi connectivity index (χ1v) is 8.13. The van der Waals surface area contributed by atoms with Crippen LogP contribution in [0.2, 0.25) is 5.02 Å². The molecule has 3 aromatic rings. The smallest absolute Gasteiger partial charge is 0.230 e. The number of anilines is 3. The van der Waals surface area contributed by atoms with E-state index in [9.17, 15) is 4.79 Å². The summed E-state index contributed by atoms with van der Waals surface area (Å²) in [7, 11) is 0. The zero-order valence-corrected chi connectivity index (χ0v) is 13.6. The third-order valence-electron chi connectivity index (χ3n) is 2.94. The number of hydrogen-bond acceptors (Lipinski definition) is 5. The van der Waals surface area contributed by atoms with Gasteiger partial charge in [-0.2, -0.15) is 0 Å². The molecule has 0 radical (unpaired) electrons. The van der Waals surface area contributed by atoms with Crippen molar-refractivity contribution in [2.24, 2.45) is 0 Å². The number of nitrogens with zero attached hydrogens (tertiary/aromatic N) is 2. The first-order chi connectivity index (χ1) is 11.2. The van der Waals surface area contributed by atoms with E-state index < -0.39 is 0 Å². The summed E-state index contributed by atoms with van der Waals surface area (Å²) in [5.41, 5.74) is 0.821. The molecule has 1 amide bonds. The Balaban J connectivity index is 1.59. The van der Waals surface area contributed by atoms with Crippen molar-refractivity contribution in [2.45, 2.75) is 6.42 Å². The number of carbonyl (C=O) groups is 1. The van der Waals surface area contributed by atoms with Gasteiger partial charge in [0.15, 0.2) is 11.6 Å². The highest BCUT2D eigenvalue weighted by molar-refractivity contribution is 7.10. The maximum atomic E-state index is 11.9. The Morgan fingerprint density at radius 1 is 1.09 bits per heavy atom. The Morgan fingerprint density at radius 3 is 2.61 bits per heavy atom. The second kappa shape index (κ2) is 7.21. The number of carbonyl (C=O) groups excluding carboxylic acids is 1. The molecule has 23 heavy (non-hydrogen) atoms. The van der Waals surface area contributed by atoms with E-state index in [4.69, 9.17) is 11.6 Å². The van der Waals surface area contributed by atoms with E-state index in [1.54, 1.807) is 35.6 Å². The Morgan fingerprint density at radius 2 is 1.91 bits per heavy atom. The molecule has 0 aliphatic carbocycles. The lowest BCUT2D eigenvalue weighted by Crippen LogP contribution is -2.15. The number of halogens is 1. The van der Waals surface area contributed by atoms with Gasteiger partial charge >= 0.3 is 0 Å². The largest absolute Gasteiger partial charge is 0.339 e. The number of thiophene rings is 1. The fourth-order valence-corrected chi connectivity index (χ4v) is 2.83. The summed E-state index contributed by atoms with van der Waals surface area (Å²) >= 11 is 7.48. The molecule has 0 fully saturated rings. The summed E-state index contributed by atoms with van der Waals surface area (Å²) in [5, 5.41) is 16.4. The van der Waals surface area contributed by atoms with E-state index in [0.717, 1.165) is 10.6 Å².